The van der Waals surface area contributed by atoms with Crippen molar-refractivity contribution >= 4 is 5.82 Å². The Balaban J connectivity index is 2.83. The van der Waals surface area contributed by atoms with Crippen LogP contribution < -0.4 is 10.6 Å². The second-order valence-electron chi connectivity index (χ2n) is 5.04. The molecule has 102 valence electrons. The number of rotatable bonds is 7. The number of pyridine rings is 1. The lowest BCUT2D eigenvalue weighted by Crippen LogP contribution is -2.34. The molecule has 0 bridgehead atoms. The summed E-state index contributed by atoms with van der Waals surface area (Å²) in [4.78, 5) is 6.97. The Bertz CT molecular complexity index is 332. The van der Waals surface area contributed by atoms with Gasteiger partial charge in [-0.2, -0.15) is 0 Å². The predicted octanol–water partition coefficient (Wildman–Crippen LogP) is 3.51. The van der Waals surface area contributed by atoms with Crippen LogP contribution in [-0.2, 0) is 0 Å². The number of nitrogens with zero attached hydrogens (tertiary/aromatic N) is 2. The van der Waals surface area contributed by atoms with Crippen molar-refractivity contribution in [1.82, 2.24) is 4.98 Å². The second kappa shape index (κ2) is 7.37. The Morgan fingerprint density at radius 3 is 2.44 bits per heavy atom. The Morgan fingerprint density at radius 2 is 2.00 bits per heavy atom. The Labute approximate surface area is 111 Å². The van der Waals surface area contributed by atoms with E-state index in [1.54, 1.807) is 0 Å². The fraction of sp³-hybridized carbons (Fsp3) is 0.667. The number of hydrogen-bond donors (Lipinski definition) is 1. The summed E-state index contributed by atoms with van der Waals surface area (Å²) in [6.45, 7) is 9.77. The summed E-state index contributed by atoms with van der Waals surface area (Å²) in [7, 11) is 0. The molecule has 2 N–H and O–H groups in total. The third-order valence-electron chi connectivity index (χ3n) is 3.47. The van der Waals surface area contributed by atoms with Gasteiger partial charge in [-0.15, -0.1) is 0 Å². The standard InChI is InChI=1S/C15H27N3/c1-5-7-10-18(12(3)6-2)15-9-8-14(11-17-15)13(4)16/h8-9,11-13H,5-7,10,16H2,1-4H3/t12?,13-/m1/s1. The van der Waals surface area contributed by atoms with Gasteiger partial charge in [-0.3, -0.25) is 0 Å². The molecule has 0 radical (unpaired) electrons. The highest BCUT2D eigenvalue weighted by Crippen LogP contribution is 2.18. The van der Waals surface area contributed by atoms with Gasteiger partial charge >= 0.3 is 0 Å². The van der Waals surface area contributed by atoms with E-state index in [0.717, 1.165) is 24.3 Å². The van der Waals surface area contributed by atoms with Crippen molar-refractivity contribution in [3.05, 3.63) is 23.9 Å². The predicted molar refractivity (Wildman–Crippen MR) is 78.8 cm³/mol. The van der Waals surface area contributed by atoms with Gasteiger partial charge in [0.05, 0.1) is 0 Å². The minimum atomic E-state index is 0.0549. The normalized spacial score (nSPS) is 14.3. The maximum Gasteiger partial charge on any atom is 0.128 e. The Kier molecular flexibility index (Phi) is 6.13. The van der Waals surface area contributed by atoms with Gasteiger partial charge < -0.3 is 10.6 Å². The van der Waals surface area contributed by atoms with Crippen molar-refractivity contribution in [2.75, 3.05) is 11.4 Å². The topological polar surface area (TPSA) is 42.1 Å². The number of aromatic nitrogens is 1. The van der Waals surface area contributed by atoms with E-state index in [4.69, 9.17) is 5.73 Å². The van der Waals surface area contributed by atoms with E-state index in [1.165, 1.54) is 12.8 Å². The minimum absolute atomic E-state index is 0.0549. The zero-order chi connectivity index (χ0) is 13.5. The molecule has 3 heteroatoms. The zero-order valence-electron chi connectivity index (χ0n) is 12.2. The molecule has 0 saturated carbocycles. The van der Waals surface area contributed by atoms with Gasteiger partial charge in [-0.25, -0.2) is 4.98 Å². The molecule has 3 nitrogen and oxygen atoms in total. The molecular weight excluding hydrogens is 222 g/mol. The van der Waals surface area contributed by atoms with Crippen molar-refractivity contribution in [3.63, 3.8) is 0 Å². The number of hydrogen-bond acceptors (Lipinski definition) is 3. The monoisotopic (exact) mass is 249 g/mol. The molecule has 1 rings (SSSR count). The van der Waals surface area contributed by atoms with Gasteiger partial charge in [0.25, 0.3) is 0 Å². The van der Waals surface area contributed by atoms with Gasteiger partial charge in [-0.1, -0.05) is 26.3 Å². The molecule has 0 saturated heterocycles. The molecule has 0 aromatic carbocycles. The molecule has 1 unspecified atom stereocenters. The third-order valence-corrected chi connectivity index (χ3v) is 3.47. The second-order valence-corrected chi connectivity index (χ2v) is 5.04. The zero-order valence-corrected chi connectivity index (χ0v) is 12.2. The van der Waals surface area contributed by atoms with E-state index in [2.05, 4.69) is 42.8 Å². The molecule has 1 aromatic heterocycles. The van der Waals surface area contributed by atoms with Crippen LogP contribution in [0, 0.1) is 0 Å². The molecule has 0 spiro atoms. The van der Waals surface area contributed by atoms with Crippen LogP contribution >= 0.6 is 0 Å². The third kappa shape index (κ3) is 3.98. The maximum absolute atomic E-state index is 5.85. The van der Waals surface area contributed by atoms with Gasteiger partial charge in [0, 0.05) is 24.8 Å². The summed E-state index contributed by atoms with van der Waals surface area (Å²) in [6.07, 6.45) is 5.47. The van der Waals surface area contributed by atoms with Gasteiger partial charge in [-0.05, 0) is 38.3 Å². The summed E-state index contributed by atoms with van der Waals surface area (Å²) in [6, 6.07) is 4.78. The van der Waals surface area contributed by atoms with Crippen molar-refractivity contribution in [1.29, 1.82) is 0 Å². The van der Waals surface area contributed by atoms with E-state index < -0.39 is 0 Å². The first-order chi connectivity index (χ1) is 8.60. The van der Waals surface area contributed by atoms with Crippen LogP contribution in [0.5, 0.6) is 0 Å². The molecule has 18 heavy (non-hydrogen) atoms. The first kappa shape index (κ1) is 15.0. The van der Waals surface area contributed by atoms with Crippen LogP contribution in [-0.4, -0.2) is 17.6 Å². The van der Waals surface area contributed by atoms with Crippen LogP contribution in [0.25, 0.3) is 0 Å². The highest BCUT2D eigenvalue weighted by Gasteiger charge is 2.13. The molecule has 0 aliphatic carbocycles. The van der Waals surface area contributed by atoms with E-state index in [9.17, 15) is 0 Å². The van der Waals surface area contributed by atoms with E-state index in [0.29, 0.717) is 6.04 Å². The van der Waals surface area contributed by atoms with Crippen LogP contribution in [0.15, 0.2) is 18.3 Å². The van der Waals surface area contributed by atoms with Crippen LogP contribution in [0.2, 0.25) is 0 Å². The fourth-order valence-corrected chi connectivity index (χ4v) is 1.95. The van der Waals surface area contributed by atoms with Gasteiger partial charge in [0.2, 0.25) is 0 Å². The largest absolute Gasteiger partial charge is 0.354 e. The van der Waals surface area contributed by atoms with E-state index in [1.807, 2.05) is 13.1 Å². The molecule has 1 heterocycles. The lowest BCUT2D eigenvalue weighted by molar-refractivity contribution is 0.589. The maximum atomic E-state index is 5.85. The highest BCUT2D eigenvalue weighted by molar-refractivity contribution is 5.40. The molecule has 1 aromatic rings. The van der Waals surface area contributed by atoms with Crippen molar-refractivity contribution in [2.24, 2.45) is 5.73 Å². The number of anilines is 1. The van der Waals surface area contributed by atoms with Crippen molar-refractivity contribution < 1.29 is 0 Å². The summed E-state index contributed by atoms with van der Waals surface area (Å²) in [5.41, 5.74) is 6.95. The van der Waals surface area contributed by atoms with Crippen LogP contribution in [0.3, 0.4) is 0 Å². The lowest BCUT2D eigenvalue weighted by atomic mass is 10.1. The molecule has 0 aliphatic rings. The fourth-order valence-electron chi connectivity index (χ4n) is 1.95. The molecular formula is C15H27N3. The number of nitrogens with two attached hydrogens (primary N) is 1. The average molecular weight is 249 g/mol. The first-order valence-corrected chi connectivity index (χ1v) is 7.08. The first-order valence-electron chi connectivity index (χ1n) is 7.08. The quantitative estimate of drug-likeness (QED) is 0.804. The smallest absolute Gasteiger partial charge is 0.128 e. The molecule has 2 atom stereocenters. The minimum Gasteiger partial charge on any atom is -0.354 e. The molecule has 0 fully saturated rings. The summed E-state index contributed by atoms with van der Waals surface area (Å²) >= 11 is 0. The highest BCUT2D eigenvalue weighted by atomic mass is 15.2. The van der Waals surface area contributed by atoms with Gasteiger partial charge in [0.15, 0.2) is 0 Å². The number of unbranched alkanes of at least 4 members (excludes halogenated alkanes) is 1. The van der Waals surface area contributed by atoms with Crippen LogP contribution in [0.4, 0.5) is 5.82 Å². The van der Waals surface area contributed by atoms with E-state index >= 15 is 0 Å². The van der Waals surface area contributed by atoms with Crippen molar-refractivity contribution in [2.45, 2.75) is 59.0 Å². The van der Waals surface area contributed by atoms with Gasteiger partial charge in [0.1, 0.15) is 5.82 Å². The van der Waals surface area contributed by atoms with Crippen LogP contribution in [0.1, 0.15) is 58.6 Å². The molecule has 0 amide bonds. The lowest BCUT2D eigenvalue weighted by Gasteiger charge is -2.29. The Hall–Kier alpha value is -1.09. The summed E-state index contributed by atoms with van der Waals surface area (Å²) in [5, 5.41) is 0. The summed E-state index contributed by atoms with van der Waals surface area (Å²) in [5.74, 6) is 1.07. The molecule has 0 aliphatic heterocycles. The average Bonchev–Trinajstić information content (AvgIpc) is 2.39. The van der Waals surface area contributed by atoms with Crippen molar-refractivity contribution in [3.8, 4) is 0 Å². The SMILES string of the molecule is CCCCN(c1ccc([C@@H](C)N)cn1)C(C)CC. The van der Waals surface area contributed by atoms with E-state index in [-0.39, 0.29) is 6.04 Å². The summed E-state index contributed by atoms with van der Waals surface area (Å²) < 4.78 is 0. The Morgan fingerprint density at radius 1 is 1.28 bits per heavy atom.